The SMILES string of the molecule is O=C(Cn1nnc2ccccc21)N(Cc1cccc(Cl)c1)c1ccc(-c2cnn(C3CCCCO3)c2)nc1. The van der Waals surface area contributed by atoms with E-state index in [0.717, 1.165) is 53.7 Å². The van der Waals surface area contributed by atoms with Gasteiger partial charge in [-0.15, -0.1) is 5.10 Å². The minimum atomic E-state index is -0.141. The van der Waals surface area contributed by atoms with Gasteiger partial charge in [-0.3, -0.25) is 9.78 Å². The van der Waals surface area contributed by atoms with Crippen molar-refractivity contribution in [2.45, 2.75) is 38.6 Å². The molecule has 5 aromatic rings. The molecule has 1 fully saturated rings. The lowest BCUT2D eigenvalue weighted by molar-refractivity contribution is -0.119. The van der Waals surface area contributed by atoms with Crippen LogP contribution in [0.3, 0.4) is 0 Å². The molecule has 6 rings (SSSR count). The minimum Gasteiger partial charge on any atom is -0.357 e. The third-order valence-electron chi connectivity index (χ3n) is 6.64. The molecule has 1 unspecified atom stereocenters. The Morgan fingerprint density at radius 2 is 2.00 bits per heavy atom. The smallest absolute Gasteiger partial charge is 0.249 e. The quantitative estimate of drug-likeness (QED) is 0.286. The minimum absolute atomic E-state index is 0.0320. The highest BCUT2D eigenvalue weighted by atomic mass is 35.5. The van der Waals surface area contributed by atoms with Gasteiger partial charge in [0.15, 0.2) is 0 Å². The van der Waals surface area contributed by atoms with E-state index in [1.165, 1.54) is 0 Å². The fraction of sp³-hybridized carbons (Fsp3) is 0.250. The van der Waals surface area contributed by atoms with E-state index in [9.17, 15) is 4.79 Å². The molecule has 1 aliphatic heterocycles. The van der Waals surface area contributed by atoms with Gasteiger partial charge < -0.3 is 9.64 Å². The largest absolute Gasteiger partial charge is 0.357 e. The van der Waals surface area contributed by atoms with Gasteiger partial charge in [0.2, 0.25) is 5.91 Å². The molecule has 1 atom stereocenters. The van der Waals surface area contributed by atoms with Crippen LogP contribution >= 0.6 is 11.6 Å². The van der Waals surface area contributed by atoms with E-state index in [-0.39, 0.29) is 18.7 Å². The summed E-state index contributed by atoms with van der Waals surface area (Å²) in [5.74, 6) is -0.141. The number of ether oxygens (including phenoxy) is 1. The van der Waals surface area contributed by atoms with Crippen molar-refractivity contribution in [3.05, 3.63) is 89.8 Å². The molecule has 3 aromatic heterocycles. The molecule has 38 heavy (non-hydrogen) atoms. The number of amides is 1. The Balaban J connectivity index is 1.26. The van der Waals surface area contributed by atoms with E-state index in [4.69, 9.17) is 16.3 Å². The van der Waals surface area contributed by atoms with Crippen molar-refractivity contribution in [1.29, 1.82) is 0 Å². The second kappa shape index (κ2) is 10.7. The predicted molar refractivity (Wildman–Crippen MR) is 144 cm³/mol. The van der Waals surface area contributed by atoms with Crippen molar-refractivity contribution < 1.29 is 9.53 Å². The number of hydrogen-bond donors (Lipinski definition) is 0. The van der Waals surface area contributed by atoms with Crippen molar-refractivity contribution in [3.63, 3.8) is 0 Å². The molecule has 1 amide bonds. The van der Waals surface area contributed by atoms with Crippen LogP contribution in [-0.2, 0) is 22.6 Å². The number of halogens is 1. The maximum atomic E-state index is 13.6. The number of aromatic nitrogens is 6. The Morgan fingerprint density at radius 3 is 2.82 bits per heavy atom. The average molecular weight is 528 g/mol. The van der Waals surface area contributed by atoms with Gasteiger partial charge in [-0.05, 0) is 61.2 Å². The molecule has 1 saturated heterocycles. The van der Waals surface area contributed by atoms with Gasteiger partial charge in [-0.2, -0.15) is 5.10 Å². The second-order valence-electron chi connectivity index (χ2n) is 9.28. The lowest BCUT2D eigenvalue weighted by Crippen LogP contribution is -2.33. The second-order valence-corrected chi connectivity index (χ2v) is 9.71. The van der Waals surface area contributed by atoms with E-state index >= 15 is 0 Å². The third-order valence-corrected chi connectivity index (χ3v) is 6.88. The summed E-state index contributed by atoms with van der Waals surface area (Å²) >= 11 is 6.23. The zero-order chi connectivity index (χ0) is 25.9. The summed E-state index contributed by atoms with van der Waals surface area (Å²) in [6, 6.07) is 18.9. The number of nitrogens with zero attached hydrogens (tertiary/aromatic N) is 7. The number of fused-ring (bicyclic) bond motifs is 1. The molecule has 0 saturated carbocycles. The summed E-state index contributed by atoms with van der Waals surface area (Å²) in [5, 5.41) is 13.5. The van der Waals surface area contributed by atoms with Gasteiger partial charge in [0.05, 0.1) is 35.8 Å². The molecular weight excluding hydrogens is 502 g/mol. The van der Waals surface area contributed by atoms with E-state index < -0.39 is 0 Å². The van der Waals surface area contributed by atoms with Crippen LogP contribution in [0.2, 0.25) is 5.02 Å². The van der Waals surface area contributed by atoms with Crippen LogP contribution in [0.4, 0.5) is 5.69 Å². The highest BCUT2D eigenvalue weighted by molar-refractivity contribution is 6.30. The Bertz CT molecular complexity index is 1560. The first-order valence-corrected chi connectivity index (χ1v) is 13.0. The topological polar surface area (TPSA) is 91.0 Å². The molecule has 10 heteroatoms. The van der Waals surface area contributed by atoms with Gasteiger partial charge >= 0.3 is 0 Å². The number of carbonyl (C=O) groups excluding carboxylic acids is 1. The summed E-state index contributed by atoms with van der Waals surface area (Å²) < 4.78 is 9.32. The molecule has 0 bridgehead atoms. The first-order valence-electron chi connectivity index (χ1n) is 12.6. The first-order chi connectivity index (χ1) is 18.6. The standard InChI is InChI=1S/C28H26ClN7O2/c29-22-7-5-6-20(14-22)17-34(27(37)19-35-26-9-2-1-8-25(26)32-33-35)23-11-12-24(30-16-23)21-15-31-36(18-21)28-10-3-4-13-38-28/h1-2,5-9,11-12,14-16,18,28H,3-4,10,13,17,19H2. The van der Waals surface area contributed by atoms with Crippen LogP contribution < -0.4 is 4.90 Å². The van der Waals surface area contributed by atoms with Gasteiger partial charge in [0, 0.05) is 23.4 Å². The van der Waals surface area contributed by atoms with Crippen molar-refractivity contribution in [2.24, 2.45) is 0 Å². The molecular formula is C28H26ClN7O2. The molecule has 0 aliphatic carbocycles. The normalized spacial score (nSPS) is 15.6. The Morgan fingerprint density at radius 1 is 1.08 bits per heavy atom. The number of anilines is 1. The zero-order valence-electron chi connectivity index (χ0n) is 20.7. The number of hydrogen-bond acceptors (Lipinski definition) is 6. The molecule has 192 valence electrons. The number of pyridine rings is 1. The van der Waals surface area contributed by atoms with Gasteiger partial charge in [-0.1, -0.05) is 41.1 Å². The van der Waals surface area contributed by atoms with E-state index in [1.54, 1.807) is 22.0 Å². The molecule has 0 N–H and O–H groups in total. The third kappa shape index (κ3) is 5.16. The molecule has 1 aliphatic rings. The fourth-order valence-corrected chi connectivity index (χ4v) is 4.88. The van der Waals surface area contributed by atoms with Crippen molar-refractivity contribution in [1.82, 2.24) is 29.8 Å². The number of para-hydroxylation sites is 1. The van der Waals surface area contributed by atoms with E-state index in [1.807, 2.05) is 71.5 Å². The van der Waals surface area contributed by atoms with Gasteiger partial charge in [0.25, 0.3) is 0 Å². The van der Waals surface area contributed by atoms with Crippen molar-refractivity contribution in [2.75, 3.05) is 11.5 Å². The van der Waals surface area contributed by atoms with E-state index in [0.29, 0.717) is 17.3 Å². The molecule has 9 nitrogen and oxygen atoms in total. The van der Waals surface area contributed by atoms with Crippen LogP contribution in [0.15, 0.2) is 79.3 Å². The zero-order valence-corrected chi connectivity index (χ0v) is 21.4. The summed E-state index contributed by atoms with van der Waals surface area (Å²) in [7, 11) is 0. The molecule has 4 heterocycles. The monoisotopic (exact) mass is 527 g/mol. The van der Waals surface area contributed by atoms with E-state index in [2.05, 4.69) is 20.4 Å². The first kappa shape index (κ1) is 24.3. The predicted octanol–water partition coefficient (Wildman–Crippen LogP) is 5.28. The van der Waals surface area contributed by atoms with Crippen molar-refractivity contribution >= 4 is 34.2 Å². The Hall–Kier alpha value is -4.08. The van der Waals surface area contributed by atoms with Gasteiger partial charge in [0.1, 0.15) is 18.3 Å². The number of rotatable bonds is 7. The van der Waals surface area contributed by atoms with Crippen LogP contribution in [0.25, 0.3) is 22.3 Å². The fourth-order valence-electron chi connectivity index (χ4n) is 4.67. The molecule has 0 spiro atoms. The lowest BCUT2D eigenvalue weighted by atomic mass is 10.1. The lowest BCUT2D eigenvalue weighted by Gasteiger charge is -2.23. The average Bonchev–Trinajstić information content (AvgIpc) is 3.61. The maximum absolute atomic E-state index is 13.6. The summed E-state index contributed by atoms with van der Waals surface area (Å²) in [5.41, 5.74) is 4.79. The highest BCUT2D eigenvalue weighted by Crippen LogP contribution is 2.26. The van der Waals surface area contributed by atoms with Crippen LogP contribution in [0.1, 0.15) is 31.1 Å². The van der Waals surface area contributed by atoms with Crippen LogP contribution in [0.5, 0.6) is 0 Å². The molecule has 0 radical (unpaired) electrons. The summed E-state index contributed by atoms with van der Waals surface area (Å²) in [6.45, 7) is 1.13. The summed E-state index contributed by atoms with van der Waals surface area (Å²) in [4.78, 5) is 20.0. The van der Waals surface area contributed by atoms with Gasteiger partial charge in [-0.25, -0.2) is 9.36 Å². The molecule has 2 aromatic carbocycles. The van der Waals surface area contributed by atoms with Crippen LogP contribution in [-0.4, -0.2) is 42.3 Å². The number of carbonyl (C=O) groups is 1. The highest BCUT2D eigenvalue weighted by Gasteiger charge is 2.21. The Labute approximate surface area is 224 Å². The summed E-state index contributed by atoms with van der Waals surface area (Å²) in [6.07, 6.45) is 8.61. The van der Waals surface area contributed by atoms with Crippen LogP contribution in [0, 0.1) is 0 Å². The van der Waals surface area contributed by atoms with Crippen molar-refractivity contribution in [3.8, 4) is 11.3 Å². The maximum Gasteiger partial charge on any atom is 0.249 e. The number of benzene rings is 2. The Kier molecular flexibility index (Phi) is 6.85.